The molecule has 0 aliphatic heterocycles. The smallest absolute Gasteiger partial charge is 0.407 e. The Bertz CT molecular complexity index is 523. The lowest BCUT2D eigenvalue weighted by Gasteiger charge is -2.21. The number of nitrogens with one attached hydrogen (secondary N) is 2. The molecule has 0 spiro atoms. The molecule has 1 aromatic rings. The molecule has 6 heteroatoms. The topological polar surface area (TPSA) is 87.7 Å². The average Bonchev–Trinajstić information content (AvgIpc) is 2.41. The third kappa shape index (κ3) is 6.03. The number of benzene rings is 1. The van der Waals surface area contributed by atoms with Gasteiger partial charge in [-0.05, 0) is 38.8 Å². The number of hydrogen-bond acceptors (Lipinski definition) is 4. The molecule has 1 aromatic carbocycles. The van der Waals surface area contributed by atoms with Gasteiger partial charge in [-0.25, -0.2) is 9.59 Å². The Morgan fingerprint density at radius 3 is 2.45 bits per heavy atom. The van der Waals surface area contributed by atoms with E-state index in [1.807, 2.05) is 18.2 Å². The van der Waals surface area contributed by atoms with Gasteiger partial charge in [0.05, 0.1) is 0 Å². The van der Waals surface area contributed by atoms with E-state index in [-0.39, 0.29) is 6.54 Å². The van der Waals surface area contributed by atoms with E-state index in [0.29, 0.717) is 12.1 Å². The van der Waals surface area contributed by atoms with Gasteiger partial charge >= 0.3 is 12.1 Å². The van der Waals surface area contributed by atoms with E-state index in [2.05, 4.69) is 10.6 Å². The predicted octanol–water partition coefficient (Wildman–Crippen LogP) is 2.99. The van der Waals surface area contributed by atoms with E-state index in [1.54, 1.807) is 33.8 Å². The summed E-state index contributed by atoms with van der Waals surface area (Å²) in [4.78, 5) is 22.8. The Labute approximate surface area is 130 Å². The van der Waals surface area contributed by atoms with Crippen molar-refractivity contribution in [2.45, 2.75) is 52.3 Å². The summed E-state index contributed by atoms with van der Waals surface area (Å²) in [5.74, 6) is -0.905. The van der Waals surface area contributed by atoms with E-state index in [1.165, 1.54) is 0 Å². The van der Waals surface area contributed by atoms with Crippen molar-refractivity contribution in [3.63, 3.8) is 0 Å². The fraction of sp³-hybridized carbons (Fsp3) is 0.500. The summed E-state index contributed by atoms with van der Waals surface area (Å²) in [5.41, 5.74) is 0.930. The molecule has 6 nitrogen and oxygen atoms in total. The van der Waals surface area contributed by atoms with Crippen molar-refractivity contribution in [2.24, 2.45) is 0 Å². The van der Waals surface area contributed by atoms with Gasteiger partial charge in [-0.15, -0.1) is 0 Å². The van der Waals surface area contributed by atoms with Gasteiger partial charge in [0.15, 0.2) is 0 Å². The van der Waals surface area contributed by atoms with Crippen LogP contribution in [0.25, 0.3) is 0 Å². The van der Waals surface area contributed by atoms with Crippen LogP contribution in [-0.2, 0) is 16.1 Å². The number of carboxylic acids is 1. The van der Waals surface area contributed by atoms with Gasteiger partial charge in [-0.3, -0.25) is 0 Å². The Morgan fingerprint density at radius 2 is 1.91 bits per heavy atom. The number of carbonyl (C=O) groups is 2. The second-order valence-electron chi connectivity index (χ2n) is 5.96. The number of aliphatic carboxylic acids is 1. The minimum atomic E-state index is -0.905. The molecule has 1 rings (SSSR count). The van der Waals surface area contributed by atoms with Gasteiger partial charge in [0.1, 0.15) is 11.6 Å². The summed E-state index contributed by atoms with van der Waals surface area (Å²) in [6.07, 6.45) is -0.0454. The molecule has 0 aliphatic carbocycles. The lowest BCUT2D eigenvalue weighted by atomic mass is 10.1. The molecular weight excluding hydrogens is 284 g/mol. The lowest BCUT2D eigenvalue weighted by molar-refractivity contribution is -0.137. The minimum Gasteiger partial charge on any atom is -0.480 e. The molecular formula is C16H24N2O4. The zero-order chi connectivity index (χ0) is 16.8. The van der Waals surface area contributed by atoms with Crippen LogP contribution < -0.4 is 10.6 Å². The van der Waals surface area contributed by atoms with Crippen LogP contribution >= 0.6 is 0 Å². The maximum absolute atomic E-state index is 11.7. The Balaban J connectivity index is 2.72. The van der Waals surface area contributed by atoms with E-state index < -0.39 is 23.7 Å². The monoisotopic (exact) mass is 308 g/mol. The number of para-hydroxylation sites is 1. The van der Waals surface area contributed by atoms with Crippen LogP contribution in [0.2, 0.25) is 0 Å². The van der Waals surface area contributed by atoms with Crippen LogP contribution in [0.5, 0.6) is 0 Å². The molecule has 0 heterocycles. The number of carbonyl (C=O) groups excluding carboxylic acids is 1. The maximum Gasteiger partial charge on any atom is 0.407 e. The zero-order valence-corrected chi connectivity index (χ0v) is 13.5. The van der Waals surface area contributed by atoms with Crippen molar-refractivity contribution in [1.82, 2.24) is 5.32 Å². The van der Waals surface area contributed by atoms with E-state index in [0.717, 1.165) is 5.56 Å². The van der Waals surface area contributed by atoms with Crippen LogP contribution in [0, 0.1) is 0 Å². The third-order valence-corrected chi connectivity index (χ3v) is 2.88. The second-order valence-corrected chi connectivity index (χ2v) is 5.96. The second kappa shape index (κ2) is 7.68. The van der Waals surface area contributed by atoms with E-state index in [4.69, 9.17) is 9.84 Å². The average molecular weight is 308 g/mol. The number of alkyl carbamates (subject to hydrolysis) is 1. The van der Waals surface area contributed by atoms with Crippen molar-refractivity contribution in [2.75, 3.05) is 5.32 Å². The van der Waals surface area contributed by atoms with Crippen molar-refractivity contribution in [3.05, 3.63) is 29.8 Å². The van der Waals surface area contributed by atoms with Crippen LogP contribution in [0.4, 0.5) is 10.5 Å². The molecule has 0 saturated carbocycles. The minimum absolute atomic E-state index is 0.258. The first-order valence-electron chi connectivity index (χ1n) is 7.27. The molecule has 22 heavy (non-hydrogen) atoms. The van der Waals surface area contributed by atoms with Crippen LogP contribution in [0.15, 0.2) is 24.3 Å². The van der Waals surface area contributed by atoms with E-state index >= 15 is 0 Å². The van der Waals surface area contributed by atoms with Crippen molar-refractivity contribution >= 4 is 17.7 Å². The Hall–Kier alpha value is -2.24. The molecule has 0 aromatic heterocycles. The molecule has 0 fully saturated rings. The SMILES string of the molecule is CCC(Nc1ccccc1CNC(=O)OC(C)(C)C)C(=O)O. The summed E-state index contributed by atoms with van der Waals surface area (Å²) >= 11 is 0. The molecule has 3 N–H and O–H groups in total. The highest BCUT2D eigenvalue weighted by Gasteiger charge is 2.18. The van der Waals surface area contributed by atoms with Gasteiger partial charge in [-0.1, -0.05) is 25.1 Å². The maximum atomic E-state index is 11.7. The van der Waals surface area contributed by atoms with Gasteiger partial charge in [-0.2, -0.15) is 0 Å². The standard InChI is InChI=1S/C16H24N2O4/c1-5-12(14(19)20)18-13-9-7-6-8-11(13)10-17-15(21)22-16(2,3)4/h6-9,12,18H,5,10H2,1-4H3,(H,17,21)(H,19,20). The highest BCUT2D eigenvalue weighted by molar-refractivity contribution is 5.77. The summed E-state index contributed by atoms with van der Waals surface area (Å²) in [6, 6.07) is 6.60. The first-order valence-corrected chi connectivity index (χ1v) is 7.27. The predicted molar refractivity (Wildman–Crippen MR) is 84.9 cm³/mol. The van der Waals surface area contributed by atoms with Crippen molar-refractivity contribution in [3.8, 4) is 0 Å². The highest BCUT2D eigenvalue weighted by Crippen LogP contribution is 2.17. The van der Waals surface area contributed by atoms with Crippen molar-refractivity contribution < 1.29 is 19.4 Å². The van der Waals surface area contributed by atoms with Crippen LogP contribution in [0.1, 0.15) is 39.7 Å². The molecule has 1 amide bonds. The molecule has 1 unspecified atom stereocenters. The first-order chi connectivity index (χ1) is 10.2. The highest BCUT2D eigenvalue weighted by atomic mass is 16.6. The molecule has 122 valence electrons. The Morgan fingerprint density at radius 1 is 1.27 bits per heavy atom. The number of anilines is 1. The molecule has 1 atom stereocenters. The fourth-order valence-corrected chi connectivity index (χ4v) is 1.82. The molecule has 0 saturated heterocycles. The number of rotatable bonds is 6. The van der Waals surface area contributed by atoms with Gasteiger partial charge in [0, 0.05) is 12.2 Å². The van der Waals surface area contributed by atoms with Crippen LogP contribution in [0.3, 0.4) is 0 Å². The molecule has 0 radical (unpaired) electrons. The normalized spacial score (nSPS) is 12.4. The number of hydrogen-bond donors (Lipinski definition) is 3. The van der Waals surface area contributed by atoms with E-state index in [9.17, 15) is 9.59 Å². The zero-order valence-electron chi connectivity index (χ0n) is 13.5. The van der Waals surface area contributed by atoms with Gasteiger partial charge < -0.3 is 20.5 Å². The summed E-state index contributed by atoms with van der Waals surface area (Å²) < 4.78 is 5.18. The number of ether oxygens (including phenoxy) is 1. The first kappa shape index (κ1) is 17.8. The summed E-state index contributed by atoms with van der Waals surface area (Å²) in [7, 11) is 0. The number of amides is 1. The quantitative estimate of drug-likeness (QED) is 0.752. The Kier molecular flexibility index (Phi) is 6.22. The number of carboxylic acid groups (broad SMARTS) is 1. The van der Waals surface area contributed by atoms with Crippen LogP contribution in [-0.4, -0.2) is 28.8 Å². The van der Waals surface area contributed by atoms with Crippen molar-refractivity contribution in [1.29, 1.82) is 0 Å². The third-order valence-electron chi connectivity index (χ3n) is 2.88. The summed E-state index contributed by atoms with van der Waals surface area (Å²) in [6.45, 7) is 7.43. The lowest BCUT2D eigenvalue weighted by Crippen LogP contribution is -2.33. The summed E-state index contributed by atoms with van der Waals surface area (Å²) in [5, 5.41) is 14.8. The fourth-order valence-electron chi connectivity index (χ4n) is 1.82. The van der Waals surface area contributed by atoms with Gasteiger partial charge in [0.2, 0.25) is 0 Å². The largest absolute Gasteiger partial charge is 0.480 e. The molecule has 0 aliphatic rings. The van der Waals surface area contributed by atoms with Gasteiger partial charge in [0.25, 0.3) is 0 Å². The molecule has 0 bridgehead atoms.